The lowest BCUT2D eigenvalue weighted by molar-refractivity contribution is 0.0934. The molecular formula is C15H13N7OS. The Morgan fingerprint density at radius 3 is 2.88 bits per heavy atom. The molecule has 0 bridgehead atoms. The Kier molecular flexibility index (Phi) is 3.54. The third kappa shape index (κ3) is 2.65. The van der Waals surface area contributed by atoms with E-state index in [1.165, 1.54) is 11.3 Å². The van der Waals surface area contributed by atoms with Crippen LogP contribution >= 0.6 is 11.3 Å². The standard InChI is InChI=1S/C15H13N7OS/c1-10(12-7-22-15(18-12)24-9-16-22)17-14(23)13-8-21(20-19-13)11-5-3-2-4-6-11/h2-10H,1H3,(H,17,23)/t10-/m0/s1. The van der Waals surface area contributed by atoms with E-state index in [1.54, 1.807) is 27.1 Å². The molecule has 4 rings (SSSR count). The Balaban J connectivity index is 1.50. The van der Waals surface area contributed by atoms with Gasteiger partial charge in [0.25, 0.3) is 5.91 Å². The predicted molar refractivity (Wildman–Crippen MR) is 88.1 cm³/mol. The summed E-state index contributed by atoms with van der Waals surface area (Å²) in [6.07, 6.45) is 3.41. The van der Waals surface area contributed by atoms with Crippen molar-refractivity contribution in [2.24, 2.45) is 0 Å². The van der Waals surface area contributed by atoms with Crippen LogP contribution in [0.3, 0.4) is 0 Å². The van der Waals surface area contributed by atoms with Gasteiger partial charge in [0.15, 0.2) is 5.69 Å². The molecular weight excluding hydrogens is 326 g/mol. The molecule has 0 radical (unpaired) electrons. The zero-order valence-corrected chi connectivity index (χ0v) is 13.5. The average molecular weight is 339 g/mol. The summed E-state index contributed by atoms with van der Waals surface area (Å²) in [5, 5.41) is 14.9. The third-order valence-corrected chi connectivity index (χ3v) is 4.23. The molecule has 9 heteroatoms. The minimum absolute atomic E-state index is 0.254. The van der Waals surface area contributed by atoms with E-state index in [-0.39, 0.29) is 17.6 Å². The van der Waals surface area contributed by atoms with Gasteiger partial charge in [0.2, 0.25) is 4.96 Å². The average Bonchev–Trinajstić information content (AvgIpc) is 3.31. The monoisotopic (exact) mass is 339 g/mol. The second kappa shape index (κ2) is 5.85. The van der Waals surface area contributed by atoms with Crippen LogP contribution in [0.1, 0.15) is 29.1 Å². The number of nitrogens with zero attached hydrogens (tertiary/aromatic N) is 6. The zero-order valence-electron chi connectivity index (χ0n) is 12.7. The lowest BCUT2D eigenvalue weighted by atomic mass is 10.2. The van der Waals surface area contributed by atoms with Crippen molar-refractivity contribution >= 4 is 22.2 Å². The van der Waals surface area contributed by atoms with Crippen molar-refractivity contribution in [3.8, 4) is 5.69 Å². The summed E-state index contributed by atoms with van der Waals surface area (Å²) in [5.74, 6) is -0.297. The predicted octanol–water partition coefficient (Wildman–Crippen LogP) is 1.86. The van der Waals surface area contributed by atoms with Crippen LogP contribution in [0.4, 0.5) is 0 Å². The molecule has 0 saturated heterocycles. The van der Waals surface area contributed by atoms with Crippen molar-refractivity contribution in [3.63, 3.8) is 0 Å². The molecule has 0 aliphatic heterocycles. The molecule has 1 amide bonds. The second-order valence-corrected chi connectivity index (χ2v) is 6.02. The van der Waals surface area contributed by atoms with E-state index in [4.69, 9.17) is 0 Å². The fourth-order valence-corrected chi connectivity index (χ4v) is 2.89. The number of aromatic nitrogens is 6. The summed E-state index contributed by atoms with van der Waals surface area (Å²) in [4.78, 5) is 17.6. The number of carbonyl (C=O) groups is 1. The molecule has 0 aliphatic rings. The summed E-state index contributed by atoms with van der Waals surface area (Å²) >= 11 is 1.44. The first-order chi connectivity index (χ1) is 11.7. The molecule has 3 heterocycles. The molecule has 1 N–H and O–H groups in total. The maximum Gasteiger partial charge on any atom is 0.274 e. The van der Waals surface area contributed by atoms with Gasteiger partial charge in [0.05, 0.1) is 29.8 Å². The number of hydrogen-bond donors (Lipinski definition) is 1. The number of imidazole rings is 1. The molecule has 120 valence electrons. The van der Waals surface area contributed by atoms with Gasteiger partial charge in [-0.3, -0.25) is 4.79 Å². The van der Waals surface area contributed by atoms with Gasteiger partial charge in [0.1, 0.15) is 5.51 Å². The summed E-state index contributed by atoms with van der Waals surface area (Å²) in [6, 6.07) is 9.25. The second-order valence-electron chi connectivity index (χ2n) is 5.21. The third-order valence-electron chi connectivity index (χ3n) is 3.54. The van der Waals surface area contributed by atoms with Crippen LogP contribution in [-0.2, 0) is 0 Å². The number of rotatable bonds is 4. The molecule has 0 spiro atoms. The summed E-state index contributed by atoms with van der Waals surface area (Å²) in [5.41, 5.74) is 3.57. The van der Waals surface area contributed by atoms with Gasteiger partial charge in [0, 0.05) is 0 Å². The number of fused-ring (bicyclic) bond motifs is 1. The molecule has 0 aliphatic carbocycles. The molecule has 0 saturated carbocycles. The van der Waals surface area contributed by atoms with Crippen LogP contribution in [0.2, 0.25) is 0 Å². The zero-order chi connectivity index (χ0) is 16.5. The van der Waals surface area contributed by atoms with Crippen molar-refractivity contribution in [1.82, 2.24) is 34.9 Å². The topological polar surface area (TPSA) is 90.0 Å². The lowest BCUT2D eigenvalue weighted by Gasteiger charge is -2.09. The maximum absolute atomic E-state index is 12.4. The fourth-order valence-electron chi connectivity index (χ4n) is 2.28. The van der Waals surface area contributed by atoms with Crippen LogP contribution in [0.15, 0.2) is 48.2 Å². The minimum atomic E-state index is -0.297. The van der Waals surface area contributed by atoms with Crippen LogP contribution < -0.4 is 5.32 Å². The molecule has 24 heavy (non-hydrogen) atoms. The van der Waals surface area contributed by atoms with Crippen LogP contribution in [0, 0.1) is 0 Å². The van der Waals surface area contributed by atoms with Gasteiger partial charge in [-0.15, -0.1) is 5.10 Å². The molecule has 1 atom stereocenters. The van der Waals surface area contributed by atoms with E-state index < -0.39 is 0 Å². The molecule has 4 aromatic rings. The van der Waals surface area contributed by atoms with Crippen molar-refractivity contribution in [3.05, 3.63) is 59.6 Å². The number of nitrogens with one attached hydrogen (secondary N) is 1. The minimum Gasteiger partial charge on any atom is -0.342 e. The summed E-state index contributed by atoms with van der Waals surface area (Å²) in [6.45, 7) is 1.87. The van der Waals surface area contributed by atoms with Gasteiger partial charge in [-0.1, -0.05) is 34.7 Å². The van der Waals surface area contributed by atoms with E-state index in [0.29, 0.717) is 0 Å². The Labute approximate surface area is 140 Å². The molecule has 0 fully saturated rings. The van der Waals surface area contributed by atoms with E-state index >= 15 is 0 Å². The highest BCUT2D eigenvalue weighted by molar-refractivity contribution is 7.14. The van der Waals surface area contributed by atoms with Gasteiger partial charge in [-0.05, 0) is 19.1 Å². The highest BCUT2D eigenvalue weighted by Crippen LogP contribution is 2.15. The van der Waals surface area contributed by atoms with E-state index in [9.17, 15) is 4.79 Å². The molecule has 0 unspecified atom stereocenters. The van der Waals surface area contributed by atoms with Gasteiger partial charge < -0.3 is 5.32 Å². The van der Waals surface area contributed by atoms with Crippen molar-refractivity contribution in [2.75, 3.05) is 0 Å². The largest absolute Gasteiger partial charge is 0.342 e. The number of carbonyl (C=O) groups excluding carboxylic acids is 1. The number of para-hydroxylation sites is 1. The quantitative estimate of drug-likeness (QED) is 0.613. The van der Waals surface area contributed by atoms with Crippen molar-refractivity contribution in [1.29, 1.82) is 0 Å². The highest BCUT2D eigenvalue weighted by Gasteiger charge is 2.17. The summed E-state index contributed by atoms with van der Waals surface area (Å²) in [7, 11) is 0. The van der Waals surface area contributed by atoms with Gasteiger partial charge >= 0.3 is 0 Å². The summed E-state index contributed by atoms with van der Waals surface area (Å²) < 4.78 is 3.25. The van der Waals surface area contributed by atoms with Gasteiger partial charge in [-0.2, -0.15) is 5.10 Å². The number of benzene rings is 1. The van der Waals surface area contributed by atoms with E-state index in [0.717, 1.165) is 16.3 Å². The highest BCUT2D eigenvalue weighted by atomic mass is 32.1. The van der Waals surface area contributed by atoms with Crippen LogP contribution in [0.25, 0.3) is 10.6 Å². The first-order valence-electron chi connectivity index (χ1n) is 7.28. The van der Waals surface area contributed by atoms with Crippen molar-refractivity contribution < 1.29 is 4.79 Å². The molecule has 8 nitrogen and oxygen atoms in total. The lowest BCUT2D eigenvalue weighted by Crippen LogP contribution is -2.27. The Morgan fingerprint density at radius 2 is 2.08 bits per heavy atom. The Morgan fingerprint density at radius 1 is 1.25 bits per heavy atom. The SMILES string of the molecule is C[C@H](NC(=O)c1cn(-c2ccccc2)nn1)c1cn2ncsc2n1. The smallest absolute Gasteiger partial charge is 0.274 e. The normalized spacial score (nSPS) is 12.4. The maximum atomic E-state index is 12.4. The van der Waals surface area contributed by atoms with E-state index in [1.807, 2.05) is 37.3 Å². The first-order valence-corrected chi connectivity index (χ1v) is 8.16. The van der Waals surface area contributed by atoms with Crippen LogP contribution in [-0.4, -0.2) is 35.5 Å². The van der Waals surface area contributed by atoms with Crippen LogP contribution in [0.5, 0.6) is 0 Å². The Bertz CT molecular complexity index is 959. The fraction of sp³-hybridized carbons (Fsp3) is 0.133. The van der Waals surface area contributed by atoms with Crippen molar-refractivity contribution in [2.45, 2.75) is 13.0 Å². The Hall–Kier alpha value is -3.07. The number of amides is 1. The molecule has 1 aromatic carbocycles. The first kappa shape index (κ1) is 14.5. The van der Waals surface area contributed by atoms with E-state index in [2.05, 4.69) is 25.7 Å². The van der Waals surface area contributed by atoms with Gasteiger partial charge in [-0.25, -0.2) is 14.2 Å². The number of hydrogen-bond acceptors (Lipinski definition) is 6. The molecule has 3 aromatic heterocycles.